The van der Waals surface area contributed by atoms with E-state index >= 15 is 0 Å². The summed E-state index contributed by atoms with van der Waals surface area (Å²) in [5.74, 6) is 0.422. The van der Waals surface area contributed by atoms with Gasteiger partial charge in [0.1, 0.15) is 6.04 Å². The van der Waals surface area contributed by atoms with Gasteiger partial charge in [-0.05, 0) is 37.4 Å². The van der Waals surface area contributed by atoms with E-state index in [1.807, 2.05) is 35.4 Å². The third-order valence-corrected chi connectivity index (χ3v) is 5.20. The zero-order valence-corrected chi connectivity index (χ0v) is 16.8. The monoisotopic (exact) mass is 400 g/mol. The minimum Gasteiger partial charge on any atom is -0.337 e. The van der Waals surface area contributed by atoms with Crippen molar-refractivity contribution in [2.75, 3.05) is 42.7 Å². The number of amides is 3. The van der Waals surface area contributed by atoms with Gasteiger partial charge in [0.25, 0.3) is 0 Å². The molecule has 1 aromatic heterocycles. The molecule has 2 aromatic rings. The van der Waals surface area contributed by atoms with Gasteiger partial charge in [0, 0.05) is 49.2 Å². The van der Waals surface area contributed by atoms with Gasteiger partial charge in [0.15, 0.2) is 0 Å². The molecule has 0 bridgehead atoms. The number of hydrogen-bond donors (Lipinski definition) is 2. The van der Waals surface area contributed by atoms with Crippen molar-refractivity contribution in [2.24, 2.45) is 0 Å². The molecule has 1 fully saturated rings. The molecule has 1 aliphatic heterocycles. The molecule has 1 atom stereocenters. The number of carbonyl (C=O) groups excluding carboxylic acids is 2. The Morgan fingerprint density at radius 1 is 1.11 bits per heavy atom. The third kappa shape index (κ3) is 5.13. The van der Waals surface area contributed by atoms with E-state index in [0.29, 0.717) is 32.1 Å². The molecule has 0 aliphatic carbocycles. The highest BCUT2D eigenvalue weighted by molar-refractivity contribution is 7.98. The predicted molar refractivity (Wildman–Crippen MR) is 111 cm³/mol. The Kier molecular flexibility index (Phi) is 6.70. The Morgan fingerprint density at radius 3 is 2.50 bits per heavy atom. The largest absolute Gasteiger partial charge is 0.337 e. The second-order valence-electron chi connectivity index (χ2n) is 6.42. The number of nitrogens with one attached hydrogen (secondary N) is 2. The molecule has 1 saturated heterocycles. The zero-order chi connectivity index (χ0) is 19.9. The van der Waals surface area contributed by atoms with E-state index in [9.17, 15) is 9.59 Å². The fraction of sp³-hybridized carbons (Fsp3) is 0.368. The highest BCUT2D eigenvalue weighted by atomic mass is 32.2. The number of carbonyl (C=O) groups is 2. The molecule has 0 spiro atoms. The van der Waals surface area contributed by atoms with Crippen LogP contribution in [0.3, 0.4) is 0 Å². The summed E-state index contributed by atoms with van der Waals surface area (Å²) in [5.41, 5.74) is 0.717. The average Bonchev–Trinajstić information content (AvgIpc) is 2.74. The van der Waals surface area contributed by atoms with Crippen molar-refractivity contribution in [3.05, 3.63) is 42.7 Å². The molecular formula is C19H24N6O2S. The number of anilines is 2. The quantitative estimate of drug-likeness (QED) is 0.747. The summed E-state index contributed by atoms with van der Waals surface area (Å²) < 4.78 is 0. The molecule has 8 nitrogen and oxygen atoms in total. The van der Waals surface area contributed by atoms with Crippen molar-refractivity contribution in [3.63, 3.8) is 0 Å². The van der Waals surface area contributed by atoms with Crippen LogP contribution in [-0.4, -0.2) is 65.3 Å². The standard InChI is InChI=1S/C19H24N6O2S/c1-14(17(26)23-15-5-3-6-16(13-15)28-2)22-19(27)25-11-9-24(10-12-25)18-20-7-4-8-21-18/h3-8,13-14H,9-12H2,1-2H3,(H,22,27)(H,23,26)/t14-/m1/s1. The second-order valence-corrected chi connectivity index (χ2v) is 7.29. The van der Waals surface area contributed by atoms with Crippen LogP contribution in [0.4, 0.5) is 16.4 Å². The third-order valence-electron chi connectivity index (χ3n) is 4.47. The van der Waals surface area contributed by atoms with E-state index in [0.717, 1.165) is 10.6 Å². The van der Waals surface area contributed by atoms with Crippen molar-refractivity contribution in [1.29, 1.82) is 0 Å². The number of piperazine rings is 1. The Morgan fingerprint density at radius 2 is 1.82 bits per heavy atom. The summed E-state index contributed by atoms with van der Waals surface area (Å²) in [4.78, 5) is 38.2. The average molecular weight is 401 g/mol. The number of rotatable bonds is 5. The molecule has 9 heteroatoms. The maximum atomic E-state index is 12.5. The van der Waals surface area contributed by atoms with Gasteiger partial charge >= 0.3 is 6.03 Å². The van der Waals surface area contributed by atoms with E-state index in [2.05, 4.69) is 20.6 Å². The summed E-state index contributed by atoms with van der Waals surface area (Å²) in [6.07, 6.45) is 5.39. The fourth-order valence-corrected chi connectivity index (χ4v) is 3.32. The number of urea groups is 1. The van der Waals surface area contributed by atoms with Crippen LogP contribution >= 0.6 is 11.8 Å². The van der Waals surface area contributed by atoms with Crippen LogP contribution in [0, 0.1) is 0 Å². The van der Waals surface area contributed by atoms with Crippen LogP contribution in [0.25, 0.3) is 0 Å². The molecule has 3 rings (SSSR count). The smallest absolute Gasteiger partial charge is 0.318 e. The zero-order valence-electron chi connectivity index (χ0n) is 16.0. The molecule has 0 unspecified atom stereocenters. The van der Waals surface area contributed by atoms with Crippen LogP contribution < -0.4 is 15.5 Å². The van der Waals surface area contributed by atoms with Gasteiger partial charge in [-0.3, -0.25) is 4.79 Å². The van der Waals surface area contributed by atoms with Gasteiger partial charge in [-0.1, -0.05) is 6.07 Å². The molecule has 3 amide bonds. The SMILES string of the molecule is CSc1cccc(NC(=O)[C@@H](C)NC(=O)N2CCN(c3ncccn3)CC2)c1. The van der Waals surface area contributed by atoms with Crippen LogP contribution in [0.15, 0.2) is 47.6 Å². The minimum atomic E-state index is -0.638. The lowest BCUT2D eigenvalue weighted by atomic mass is 10.2. The van der Waals surface area contributed by atoms with Gasteiger partial charge < -0.3 is 20.4 Å². The van der Waals surface area contributed by atoms with Crippen LogP contribution in [0.1, 0.15) is 6.92 Å². The van der Waals surface area contributed by atoms with Crippen molar-refractivity contribution < 1.29 is 9.59 Å². The Hall–Kier alpha value is -2.81. The molecule has 2 N–H and O–H groups in total. The summed E-state index contributed by atoms with van der Waals surface area (Å²) in [7, 11) is 0. The number of nitrogens with zero attached hydrogens (tertiary/aromatic N) is 4. The molecule has 1 aromatic carbocycles. The molecule has 148 valence electrons. The Bertz CT molecular complexity index is 811. The van der Waals surface area contributed by atoms with Crippen molar-refractivity contribution in [2.45, 2.75) is 17.9 Å². The van der Waals surface area contributed by atoms with E-state index in [1.54, 1.807) is 42.0 Å². The summed E-state index contributed by atoms with van der Waals surface area (Å²) in [6, 6.07) is 8.50. The lowest BCUT2D eigenvalue weighted by Gasteiger charge is -2.35. The van der Waals surface area contributed by atoms with E-state index < -0.39 is 6.04 Å². The number of hydrogen-bond acceptors (Lipinski definition) is 6. The van der Waals surface area contributed by atoms with E-state index in [-0.39, 0.29) is 11.9 Å². The summed E-state index contributed by atoms with van der Waals surface area (Å²) in [6.45, 7) is 4.08. The lowest BCUT2D eigenvalue weighted by molar-refractivity contribution is -0.117. The number of aromatic nitrogens is 2. The van der Waals surface area contributed by atoms with Crippen molar-refractivity contribution in [3.8, 4) is 0 Å². The highest BCUT2D eigenvalue weighted by Gasteiger charge is 2.25. The van der Waals surface area contributed by atoms with Crippen LogP contribution in [-0.2, 0) is 4.79 Å². The van der Waals surface area contributed by atoms with Gasteiger partial charge in [-0.2, -0.15) is 0 Å². The first-order valence-electron chi connectivity index (χ1n) is 9.09. The maximum absolute atomic E-state index is 12.5. The van der Waals surface area contributed by atoms with Crippen molar-refractivity contribution in [1.82, 2.24) is 20.2 Å². The molecule has 28 heavy (non-hydrogen) atoms. The van der Waals surface area contributed by atoms with Gasteiger partial charge in [-0.25, -0.2) is 14.8 Å². The number of benzene rings is 1. The maximum Gasteiger partial charge on any atom is 0.318 e. The molecule has 2 heterocycles. The van der Waals surface area contributed by atoms with Gasteiger partial charge in [0.2, 0.25) is 11.9 Å². The first kappa shape index (κ1) is 19.9. The molecule has 0 radical (unpaired) electrons. The summed E-state index contributed by atoms with van der Waals surface area (Å²) >= 11 is 1.61. The topological polar surface area (TPSA) is 90.5 Å². The predicted octanol–water partition coefficient (Wildman–Crippen LogP) is 2.06. The van der Waals surface area contributed by atoms with Crippen LogP contribution in [0.2, 0.25) is 0 Å². The molecule has 1 aliphatic rings. The molecule has 0 saturated carbocycles. The Balaban J connectivity index is 1.48. The van der Waals surface area contributed by atoms with Gasteiger partial charge in [0.05, 0.1) is 0 Å². The van der Waals surface area contributed by atoms with Gasteiger partial charge in [-0.15, -0.1) is 11.8 Å². The fourth-order valence-electron chi connectivity index (χ4n) is 2.86. The molecular weight excluding hydrogens is 376 g/mol. The number of thioether (sulfide) groups is 1. The van der Waals surface area contributed by atoms with E-state index in [4.69, 9.17) is 0 Å². The minimum absolute atomic E-state index is 0.242. The summed E-state index contributed by atoms with van der Waals surface area (Å²) in [5, 5.41) is 5.62. The second kappa shape index (κ2) is 9.41. The normalized spacial score (nSPS) is 15.1. The lowest BCUT2D eigenvalue weighted by Crippen LogP contribution is -2.55. The first-order chi connectivity index (χ1) is 13.6. The first-order valence-corrected chi connectivity index (χ1v) is 10.3. The van der Waals surface area contributed by atoms with Crippen molar-refractivity contribution >= 4 is 35.3 Å². The van der Waals surface area contributed by atoms with Crippen LogP contribution in [0.5, 0.6) is 0 Å². The highest BCUT2D eigenvalue weighted by Crippen LogP contribution is 2.19. The van der Waals surface area contributed by atoms with E-state index in [1.165, 1.54) is 0 Å². The Labute approximate surface area is 168 Å².